The van der Waals surface area contributed by atoms with E-state index in [1.54, 1.807) is 30.3 Å². The van der Waals surface area contributed by atoms with Crippen LogP contribution in [0.4, 0.5) is 5.69 Å². The number of halogens is 1. The maximum Gasteiger partial charge on any atom is 0.268 e. The third kappa shape index (κ3) is 5.28. The summed E-state index contributed by atoms with van der Waals surface area (Å²) in [6, 6.07) is 31.1. The average molecular weight is 584 g/mol. The first kappa shape index (κ1) is 27.3. The Bertz CT molecular complexity index is 1790. The molecule has 1 atom stereocenters. The van der Waals surface area contributed by atoms with Crippen molar-refractivity contribution in [2.24, 2.45) is 0 Å². The minimum Gasteiger partial charge on any atom is -0.369 e. The molecule has 1 aromatic heterocycles. The molecule has 2 heterocycles. The van der Waals surface area contributed by atoms with Crippen LogP contribution in [0.1, 0.15) is 33.1 Å². The van der Waals surface area contributed by atoms with E-state index in [0.29, 0.717) is 16.5 Å². The monoisotopic (exact) mass is 583 g/mol. The number of aryl methyl sites for hydroxylation is 1. The van der Waals surface area contributed by atoms with Crippen LogP contribution in [0.2, 0.25) is 5.02 Å². The number of hydrogen-bond acceptors (Lipinski definition) is 5. The fraction of sp³-hybridized carbons (Fsp3) is 0.182. The summed E-state index contributed by atoms with van der Waals surface area (Å²) in [4.78, 5) is 17.0. The molecule has 0 saturated carbocycles. The highest BCUT2D eigenvalue weighted by Crippen LogP contribution is 2.33. The second kappa shape index (κ2) is 11.2. The van der Waals surface area contributed by atoms with Crippen LogP contribution in [0.15, 0.2) is 108 Å². The number of nitrogens with zero attached hydrogens (tertiary/aromatic N) is 3. The number of rotatable bonds is 7. The molecule has 1 unspecified atom stereocenters. The molecule has 0 N–H and O–H groups in total. The fourth-order valence-electron chi connectivity index (χ4n) is 5.66. The lowest BCUT2D eigenvalue weighted by Crippen LogP contribution is -2.48. The molecule has 4 aromatic carbocycles. The van der Waals surface area contributed by atoms with Crippen molar-refractivity contribution in [2.45, 2.75) is 17.9 Å². The minimum atomic E-state index is -3.85. The second-order valence-corrected chi connectivity index (χ2v) is 12.7. The van der Waals surface area contributed by atoms with E-state index in [4.69, 9.17) is 11.6 Å². The number of carbonyl (C=O) groups excluding carboxylic acids is 1. The lowest BCUT2D eigenvalue weighted by Gasteiger charge is -2.40. The van der Waals surface area contributed by atoms with E-state index in [1.807, 2.05) is 37.3 Å². The van der Waals surface area contributed by atoms with Crippen LogP contribution >= 0.6 is 11.6 Å². The highest BCUT2D eigenvalue weighted by molar-refractivity contribution is 7.90. The van der Waals surface area contributed by atoms with E-state index in [0.717, 1.165) is 48.7 Å². The van der Waals surface area contributed by atoms with Gasteiger partial charge in [0.2, 0.25) is 0 Å². The Labute approximate surface area is 245 Å². The summed E-state index contributed by atoms with van der Waals surface area (Å²) in [7, 11) is -3.85. The van der Waals surface area contributed by atoms with Crippen LogP contribution < -0.4 is 4.90 Å². The zero-order valence-electron chi connectivity index (χ0n) is 22.7. The number of benzene rings is 4. The SMILES string of the molecule is Cc1ccc(S(=O)(=O)n2cc(C=O)c3cc(N4CCN(C(c5ccccc5)c5ccc(Cl)cc5)CC4)ccc32)cc1. The van der Waals surface area contributed by atoms with Crippen molar-refractivity contribution in [3.63, 3.8) is 0 Å². The number of hydrogen-bond donors (Lipinski definition) is 0. The van der Waals surface area contributed by atoms with Crippen molar-refractivity contribution in [1.82, 2.24) is 8.87 Å². The van der Waals surface area contributed by atoms with Gasteiger partial charge in [-0.3, -0.25) is 9.69 Å². The van der Waals surface area contributed by atoms with Crippen LogP contribution in [0.5, 0.6) is 0 Å². The molecule has 0 bridgehead atoms. The summed E-state index contributed by atoms with van der Waals surface area (Å²) in [5, 5.41) is 1.34. The van der Waals surface area contributed by atoms with Crippen molar-refractivity contribution in [1.29, 1.82) is 0 Å². The first-order valence-corrected chi connectivity index (χ1v) is 15.4. The van der Waals surface area contributed by atoms with Crippen molar-refractivity contribution < 1.29 is 13.2 Å². The first-order valence-electron chi connectivity index (χ1n) is 13.6. The van der Waals surface area contributed by atoms with Gasteiger partial charge < -0.3 is 4.90 Å². The predicted octanol–water partition coefficient (Wildman–Crippen LogP) is 6.56. The molecule has 5 aromatic rings. The molecular weight excluding hydrogens is 554 g/mol. The Morgan fingerprint density at radius 1 is 0.805 bits per heavy atom. The minimum absolute atomic E-state index is 0.112. The van der Waals surface area contributed by atoms with Crippen LogP contribution in [0.3, 0.4) is 0 Å². The lowest BCUT2D eigenvalue weighted by atomic mass is 9.96. The van der Waals surface area contributed by atoms with Gasteiger partial charge in [0.15, 0.2) is 6.29 Å². The lowest BCUT2D eigenvalue weighted by molar-refractivity contribution is 0.112. The van der Waals surface area contributed by atoms with Gasteiger partial charge in [-0.15, -0.1) is 0 Å². The third-order valence-electron chi connectivity index (χ3n) is 7.84. The smallest absolute Gasteiger partial charge is 0.268 e. The number of aromatic nitrogens is 1. The summed E-state index contributed by atoms with van der Waals surface area (Å²) >= 11 is 6.18. The highest BCUT2D eigenvalue weighted by Gasteiger charge is 2.27. The van der Waals surface area contributed by atoms with Gasteiger partial charge in [-0.05, 0) is 60.5 Å². The molecule has 0 aliphatic carbocycles. The standard InChI is InChI=1S/C33H30ClN3O3S/c1-24-7-14-30(15-8-24)41(39,40)37-22-27(23-38)31-21-29(13-16-32(31)37)35-17-19-36(20-18-35)33(25-5-3-2-4-6-25)26-9-11-28(34)12-10-26/h2-16,21-23,33H,17-20H2,1H3. The van der Waals surface area contributed by atoms with Crippen LogP contribution in [0.25, 0.3) is 10.9 Å². The van der Waals surface area contributed by atoms with E-state index >= 15 is 0 Å². The molecule has 0 spiro atoms. The van der Waals surface area contributed by atoms with Crippen LogP contribution in [-0.4, -0.2) is 49.8 Å². The maximum absolute atomic E-state index is 13.5. The summed E-state index contributed by atoms with van der Waals surface area (Å²) in [6.07, 6.45) is 2.15. The molecule has 208 valence electrons. The van der Waals surface area contributed by atoms with Crippen molar-refractivity contribution in [3.05, 3.63) is 131 Å². The Morgan fingerprint density at radius 2 is 1.46 bits per heavy atom. The van der Waals surface area contributed by atoms with E-state index in [2.05, 4.69) is 46.2 Å². The number of carbonyl (C=O) groups is 1. The fourth-order valence-corrected chi connectivity index (χ4v) is 7.16. The second-order valence-electron chi connectivity index (χ2n) is 10.4. The molecule has 6 rings (SSSR count). The Kier molecular flexibility index (Phi) is 7.43. The summed E-state index contributed by atoms with van der Waals surface area (Å²) in [6.45, 7) is 5.17. The third-order valence-corrected chi connectivity index (χ3v) is 9.78. The van der Waals surface area contributed by atoms with Crippen LogP contribution in [0, 0.1) is 6.92 Å². The van der Waals surface area contributed by atoms with Crippen molar-refractivity contribution >= 4 is 44.5 Å². The van der Waals surface area contributed by atoms with E-state index in [-0.39, 0.29) is 10.9 Å². The van der Waals surface area contributed by atoms with Gasteiger partial charge in [0.25, 0.3) is 10.0 Å². The zero-order valence-corrected chi connectivity index (χ0v) is 24.2. The van der Waals surface area contributed by atoms with Gasteiger partial charge in [0, 0.05) is 54.0 Å². The van der Waals surface area contributed by atoms with Gasteiger partial charge >= 0.3 is 0 Å². The topological polar surface area (TPSA) is 62.6 Å². The normalized spacial score (nSPS) is 15.2. The molecule has 1 saturated heterocycles. The summed E-state index contributed by atoms with van der Waals surface area (Å²) in [5.74, 6) is 0. The predicted molar refractivity (Wildman–Crippen MR) is 165 cm³/mol. The highest BCUT2D eigenvalue weighted by atomic mass is 35.5. The molecule has 1 aliphatic heterocycles. The number of piperazine rings is 1. The average Bonchev–Trinajstić information content (AvgIpc) is 3.38. The Hall–Kier alpha value is -3.91. The largest absolute Gasteiger partial charge is 0.369 e. The van der Waals surface area contributed by atoms with Crippen molar-refractivity contribution in [3.8, 4) is 0 Å². The first-order chi connectivity index (χ1) is 19.8. The number of fused-ring (bicyclic) bond motifs is 1. The molecule has 8 heteroatoms. The van der Waals surface area contributed by atoms with Gasteiger partial charge in [-0.2, -0.15) is 0 Å². The molecule has 6 nitrogen and oxygen atoms in total. The molecule has 0 amide bonds. The molecule has 41 heavy (non-hydrogen) atoms. The van der Waals surface area contributed by atoms with Gasteiger partial charge in [0.1, 0.15) is 0 Å². The van der Waals surface area contributed by atoms with Crippen molar-refractivity contribution in [2.75, 3.05) is 31.1 Å². The van der Waals surface area contributed by atoms with E-state index in [1.165, 1.54) is 21.3 Å². The van der Waals surface area contributed by atoms with E-state index in [9.17, 15) is 13.2 Å². The molecular formula is C33H30ClN3O3S. The summed E-state index contributed by atoms with van der Waals surface area (Å²) < 4.78 is 28.1. The maximum atomic E-state index is 13.5. The zero-order chi connectivity index (χ0) is 28.6. The van der Waals surface area contributed by atoms with Gasteiger partial charge in [-0.25, -0.2) is 12.4 Å². The van der Waals surface area contributed by atoms with Gasteiger partial charge in [-0.1, -0.05) is 71.8 Å². The van der Waals surface area contributed by atoms with Crippen LogP contribution in [-0.2, 0) is 10.0 Å². The Morgan fingerprint density at radius 3 is 2.12 bits per heavy atom. The quantitative estimate of drug-likeness (QED) is 0.203. The molecule has 1 fully saturated rings. The molecule has 1 aliphatic rings. The van der Waals surface area contributed by atoms with E-state index < -0.39 is 10.0 Å². The Balaban J connectivity index is 1.27. The summed E-state index contributed by atoms with van der Waals surface area (Å²) in [5.41, 5.74) is 5.21. The molecule has 0 radical (unpaired) electrons. The number of anilines is 1. The number of aldehydes is 1. The van der Waals surface area contributed by atoms with Gasteiger partial charge in [0.05, 0.1) is 16.5 Å².